The Morgan fingerprint density at radius 2 is 1.26 bits per heavy atom. The molecule has 0 aromatic rings. The van der Waals surface area contributed by atoms with Crippen molar-refractivity contribution in [2.24, 2.45) is 0 Å². The SMILES string of the molecule is CC(=O)NC1C(O)=C(O)C(CO)O[C@H]1OCCCCC(=O)NCCNC(=O)CCCCO[C@@H]1OC(CO)[C@H](O)C(O)C1NC(C)=O. The van der Waals surface area contributed by atoms with Crippen LogP contribution in [-0.2, 0) is 38.1 Å². The van der Waals surface area contributed by atoms with Crippen molar-refractivity contribution in [3.8, 4) is 0 Å². The molecule has 264 valence electrons. The molecular weight excluding hydrogens is 616 g/mol. The third-order valence-electron chi connectivity index (χ3n) is 7.14. The summed E-state index contributed by atoms with van der Waals surface area (Å²) >= 11 is 0. The highest BCUT2D eigenvalue weighted by Gasteiger charge is 2.45. The van der Waals surface area contributed by atoms with Gasteiger partial charge in [-0.1, -0.05) is 0 Å². The summed E-state index contributed by atoms with van der Waals surface area (Å²) in [7, 11) is 0. The molecule has 18 heteroatoms. The number of amides is 4. The molecule has 0 saturated carbocycles. The van der Waals surface area contributed by atoms with E-state index >= 15 is 0 Å². The van der Waals surface area contributed by atoms with Crippen molar-refractivity contribution in [3.63, 3.8) is 0 Å². The quantitative estimate of drug-likeness (QED) is 0.0620. The average molecular weight is 665 g/mol. The first kappa shape index (κ1) is 39.1. The van der Waals surface area contributed by atoms with Crippen LogP contribution in [-0.4, -0.2) is 143 Å². The van der Waals surface area contributed by atoms with Crippen molar-refractivity contribution in [2.45, 2.75) is 101 Å². The summed E-state index contributed by atoms with van der Waals surface area (Å²) in [5, 5.41) is 69.4. The van der Waals surface area contributed by atoms with Crippen molar-refractivity contribution in [1.82, 2.24) is 21.3 Å². The second kappa shape index (κ2) is 20.2. The molecule has 0 aromatic carbocycles. The zero-order chi connectivity index (χ0) is 34.2. The van der Waals surface area contributed by atoms with Crippen molar-refractivity contribution in [3.05, 3.63) is 11.5 Å². The Bertz CT molecular complexity index is 1030. The fraction of sp³-hybridized carbons (Fsp3) is 0.786. The standard InChI is InChI=1S/C28H48N4O14/c1-15(35)31-21-25(41)23(39)17(13-33)45-27(21)43-11-5-3-7-19(37)29-9-10-30-20(38)8-4-6-12-44-28-22(32-16(2)36)26(42)24(40)18(14-34)46-28/h17-18,21-23,25,27-28,33-34,39-42H,3-14H2,1-2H3,(H,29,37)(H,30,38)(H,31,35)(H,32,36)/t17?,18?,21?,22?,23-,25?,27+,28+/m0/s1. The second-order valence-electron chi connectivity index (χ2n) is 10.9. The van der Waals surface area contributed by atoms with E-state index in [9.17, 15) is 49.8 Å². The number of carbonyl (C=O) groups is 4. The smallest absolute Gasteiger partial charge is 0.220 e. The average Bonchev–Trinajstić information content (AvgIpc) is 3.01. The third-order valence-corrected chi connectivity index (χ3v) is 7.14. The molecule has 0 aliphatic carbocycles. The Kier molecular flexibility index (Phi) is 17.2. The zero-order valence-electron chi connectivity index (χ0n) is 26.1. The van der Waals surface area contributed by atoms with Crippen LogP contribution >= 0.6 is 0 Å². The number of aliphatic hydroxyl groups excluding tert-OH is 6. The van der Waals surface area contributed by atoms with Gasteiger partial charge in [-0.05, 0) is 25.7 Å². The zero-order valence-corrected chi connectivity index (χ0v) is 26.1. The minimum atomic E-state index is -1.41. The molecule has 0 aromatic heterocycles. The summed E-state index contributed by atoms with van der Waals surface area (Å²) in [6.07, 6.45) is -5.16. The fourth-order valence-electron chi connectivity index (χ4n) is 4.75. The van der Waals surface area contributed by atoms with Gasteiger partial charge in [-0.3, -0.25) is 19.2 Å². The van der Waals surface area contributed by atoms with E-state index in [1.165, 1.54) is 13.8 Å². The van der Waals surface area contributed by atoms with E-state index in [1.807, 2.05) is 0 Å². The number of aliphatic hydroxyl groups is 6. The van der Waals surface area contributed by atoms with Crippen molar-refractivity contribution < 1.29 is 68.8 Å². The minimum absolute atomic E-state index is 0.110. The Balaban J connectivity index is 1.56. The molecule has 0 radical (unpaired) electrons. The minimum Gasteiger partial charge on any atom is -0.506 e. The van der Waals surface area contributed by atoms with Gasteiger partial charge in [0, 0.05) is 53.0 Å². The summed E-state index contributed by atoms with van der Waals surface area (Å²) in [5.74, 6) is -2.56. The Labute approximate surface area is 266 Å². The number of rotatable bonds is 19. The van der Waals surface area contributed by atoms with E-state index in [2.05, 4.69) is 21.3 Å². The number of hydrogen-bond donors (Lipinski definition) is 10. The molecule has 1 saturated heterocycles. The molecule has 2 aliphatic rings. The van der Waals surface area contributed by atoms with Crippen LogP contribution in [0, 0.1) is 0 Å². The van der Waals surface area contributed by atoms with Gasteiger partial charge in [-0.25, -0.2) is 0 Å². The fourth-order valence-corrected chi connectivity index (χ4v) is 4.75. The molecule has 2 heterocycles. The molecule has 2 aliphatic heterocycles. The third kappa shape index (κ3) is 12.6. The molecule has 0 spiro atoms. The first-order valence-electron chi connectivity index (χ1n) is 15.2. The molecule has 5 unspecified atom stereocenters. The summed E-state index contributed by atoms with van der Waals surface area (Å²) in [5.41, 5.74) is 0. The lowest BCUT2D eigenvalue weighted by Gasteiger charge is -2.42. The van der Waals surface area contributed by atoms with Gasteiger partial charge in [0.1, 0.15) is 36.5 Å². The van der Waals surface area contributed by atoms with Crippen LogP contribution in [0.4, 0.5) is 0 Å². The maximum Gasteiger partial charge on any atom is 0.220 e. The highest BCUT2D eigenvalue weighted by atomic mass is 16.7. The van der Waals surface area contributed by atoms with Crippen LogP contribution in [0.3, 0.4) is 0 Å². The Morgan fingerprint density at radius 3 is 1.76 bits per heavy atom. The van der Waals surface area contributed by atoms with Gasteiger partial charge < -0.3 is 70.9 Å². The molecule has 18 nitrogen and oxygen atoms in total. The molecule has 2 rings (SSSR count). The van der Waals surface area contributed by atoms with E-state index in [0.717, 1.165) is 0 Å². The van der Waals surface area contributed by atoms with E-state index in [-0.39, 0.29) is 51.0 Å². The van der Waals surface area contributed by atoms with Crippen LogP contribution in [0.25, 0.3) is 0 Å². The molecule has 8 atom stereocenters. The van der Waals surface area contributed by atoms with Crippen molar-refractivity contribution in [2.75, 3.05) is 39.5 Å². The van der Waals surface area contributed by atoms with Gasteiger partial charge >= 0.3 is 0 Å². The van der Waals surface area contributed by atoms with Gasteiger partial charge in [0.2, 0.25) is 23.6 Å². The topological polar surface area (TPSA) is 275 Å². The second-order valence-corrected chi connectivity index (χ2v) is 10.9. The van der Waals surface area contributed by atoms with Gasteiger partial charge in [0.05, 0.1) is 13.2 Å². The van der Waals surface area contributed by atoms with Gasteiger partial charge in [0.15, 0.2) is 24.1 Å². The lowest BCUT2D eigenvalue weighted by atomic mass is 9.97. The molecule has 4 amide bonds. The first-order valence-corrected chi connectivity index (χ1v) is 15.2. The van der Waals surface area contributed by atoms with Crippen LogP contribution in [0.1, 0.15) is 52.4 Å². The van der Waals surface area contributed by atoms with Crippen molar-refractivity contribution in [1.29, 1.82) is 0 Å². The van der Waals surface area contributed by atoms with Gasteiger partial charge in [-0.15, -0.1) is 0 Å². The van der Waals surface area contributed by atoms with E-state index in [1.54, 1.807) is 0 Å². The highest BCUT2D eigenvalue weighted by Crippen LogP contribution is 2.25. The number of ether oxygens (including phenoxy) is 4. The Morgan fingerprint density at radius 1 is 0.717 bits per heavy atom. The molecule has 10 N–H and O–H groups in total. The molecular formula is C28H48N4O14. The molecule has 1 fully saturated rings. The number of hydrogen-bond acceptors (Lipinski definition) is 14. The lowest BCUT2D eigenvalue weighted by Crippen LogP contribution is -2.64. The van der Waals surface area contributed by atoms with Crippen LogP contribution in [0.15, 0.2) is 11.5 Å². The van der Waals surface area contributed by atoms with Gasteiger partial charge in [-0.2, -0.15) is 0 Å². The maximum absolute atomic E-state index is 12.1. The highest BCUT2D eigenvalue weighted by molar-refractivity contribution is 5.77. The predicted molar refractivity (Wildman–Crippen MR) is 157 cm³/mol. The summed E-state index contributed by atoms with van der Waals surface area (Å²) < 4.78 is 22.1. The number of nitrogens with one attached hydrogen (secondary N) is 4. The predicted octanol–water partition coefficient (Wildman–Crippen LogP) is -2.91. The van der Waals surface area contributed by atoms with E-state index < -0.39 is 85.6 Å². The molecule has 46 heavy (non-hydrogen) atoms. The van der Waals surface area contributed by atoms with E-state index in [0.29, 0.717) is 25.7 Å². The molecule has 0 bridgehead atoms. The summed E-state index contributed by atoms with van der Waals surface area (Å²) in [6.45, 7) is 1.99. The summed E-state index contributed by atoms with van der Waals surface area (Å²) in [4.78, 5) is 47.1. The first-order chi connectivity index (χ1) is 21.9. The maximum atomic E-state index is 12.1. The normalized spacial score (nSPS) is 28.0. The van der Waals surface area contributed by atoms with Crippen LogP contribution in [0.5, 0.6) is 0 Å². The van der Waals surface area contributed by atoms with E-state index in [4.69, 9.17) is 18.9 Å². The van der Waals surface area contributed by atoms with Gasteiger partial charge in [0.25, 0.3) is 0 Å². The van der Waals surface area contributed by atoms with Crippen LogP contribution < -0.4 is 21.3 Å². The number of unbranched alkanes of at least 4 members (excludes halogenated alkanes) is 2. The summed E-state index contributed by atoms with van der Waals surface area (Å²) in [6, 6.07) is -2.19. The number of carbonyl (C=O) groups excluding carboxylic acids is 4. The largest absolute Gasteiger partial charge is 0.506 e. The monoisotopic (exact) mass is 664 g/mol. The lowest BCUT2D eigenvalue weighted by molar-refractivity contribution is -0.270. The van der Waals surface area contributed by atoms with Crippen LogP contribution in [0.2, 0.25) is 0 Å². The Hall–Kier alpha value is -3.10. The van der Waals surface area contributed by atoms with Crippen molar-refractivity contribution >= 4 is 23.6 Å².